The van der Waals surface area contributed by atoms with Crippen molar-refractivity contribution in [1.29, 1.82) is 0 Å². The lowest BCUT2D eigenvalue weighted by atomic mass is 10.1. The summed E-state index contributed by atoms with van der Waals surface area (Å²) < 4.78 is 10.5. The molecule has 52 heavy (non-hydrogen) atoms. The van der Waals surface area contributed by atoms with Crippen LogP contribution in [0.3, 0.4) is 0 Å². The monoisotopic (exact) mass is 719 g/mol. The second-order valence-electron chi connectivity index (χ2n) is 13.0. The fraction of sp³-hybridized carbons (Fsp3) is 0.574. The maximum absolute atomic E-state index is 12.2. The summed E-state index contributed by atoms with van der Waals surface area (Å²) in [7, 11) is 0. The lowest BCUT2D eigenvalue weighted by Crippen LogP contribution is -2.28. The molecule has 0 aromatic rings. The average molecular weight is 719 g/mol. The Morgan fingerprint density at radius 1 is 0.462 bits per heavy atom. The van der Waals surface area contributed by atoms with Crippen molar-refractivity contribution < 1.29 is 24.2 Å². The molecule has 0 heterocycles. The van der Waals surface area contributed by atoms with Gasteiger partial charge in [0, 0.05) is 12.8 Å². The van der Waals surface area contributed by atoms with Crippen LogP contribution in [0.1, 0.15) is 155 Å². The lowest BCUT2D eigenvalue weighted by Gasteiger charge is -2.15. The number of carbonyl (C=O) groups excluding carboxylic acids is 2. The first kappa shape index (κ1) is 48.6. The molecule has 292 valence electrons. The van der Waals surface area contributed by atoms with E-state index in [0.29, 0.717) is 12.8 Å². The number of esters is 2. The van der Waals surface area contributed by atoms with Crippen LogP contribution in [0.4, 0.5) is 0 Å². The van der Waals surface area contributed by atoms with Gasteiger partial charge in [0.15, 0.2) is 6.10 Å². The van der Waals surface area contributed by atoms with Gasteiger partial charge in [0.2, 0.25) is 0 Å². The summed E-state index contributed by atoms with van der Waals surface area (Å²) >= 11 is 0. The number of allylic oxidation sites excluding steroid dienone is 18. The van der Waals surface area contributed by atoms with Crippen LogP contribution in [0, 0.1) is 0 Å². The molecular weight excluding hydrogens is 645 g/mol. The fourth-order valence-corrected chi connectivity index (χ4v) is 5.00. The number of carbonyl (C=O) groups is 2. The molecule has 5 heteroatoms. The van der Waals surface area contributed by atoms with E-state index in [1.165, 1.54) is 44.9 Å². The first-order valence-electron chi connectivity index (χ1n) is 20.4. The normalized spacial score (nSPS) is 13.4. The van der Waals surface area contributed by atoms with Crippen LogP contribution in [0.25, 0.3) is 0 Å². The molecule has 0 amide bonds. The molecule has 0 bridgehead atoms. The van der Waals surface area contributed by atoms with E-state index in [9.17, 15) is 14.7 Å². The summed E-state index contributed by atoms with van der Waals surface area (Å²) in [6, 6.07) is 0. The highest BCUT2D eigenvalue weighted by atomic mass is 16.6. The third kappa shape index (κ3) is 39.3. The van der Waals surface area contributed by atoms with E-state index in [1.54, 1.807) is 0 Å². The third-order valence-corrected chi connectivity index (χ3v) is 8.06. The van der Waals surface area contributed by atoms with E-state index >= 15 is 0 Å². The van der Waals surface area contributed by atoms with Crippen molar-refractivity contribution in [3.05, 3.63) is 109 Å². The molecule has 0 fully saturated rings. The van der Waals surface area contributed by atoms with E-state index in [-0.39, 0.29) is 25.6 Å². The zero-order valence-corrected chi connectivity index (χ0v) is 33.0. The number of aliphatic hydroxyl groups excluding tert-OH is 1. The fourth-order valence-electron chi connectivity index (χ4n) is 5.00. The van der Waals surface area contributed by atoms with Gasteiger partial charge in [-0.05, 0) is 89.9 Å². The van der Waals surface area contributed by atoms with E-state index in [4.69, 9.17) is 9.47 Å². The predicted octanol–water partition coefficient (Wildman–Crippen LogP) is 13.1. The zero-order chi connectivity index (χ0) is 37.8. The third-order valence-electron chi connectivity index (χ3n) is 8.06. The molecule has 0 spiro atoms. The van der Waals surface area contributed by atoms with Crippen LogP contribution in [-0.4, -0.2) is 36.4 Å². The number of unbranched alkanes of at least 4 members (excludes halogenated alkanes) is 9. The summed E-state index contributed by atoms with van der Waals surface area (Å²) in [4.78, 5) is 24.3. The molecule has 0 aromatic heterocycles. The molecule has 0 saturated carbocycles. The van der Waals surface area contributed by atoms with E-state index in [1.807, 2.05) is 12.2 Å². The van der Waals surface area contributed by atoms with Gasteiger partial charge in [0.05, 0.1) is 6.61 Å². The minimum atomic E-state index is -0.825. The van der Waals surface area contributed by atoms with Gasteiger partial charge in [0.1, 0.15) is 6.61 Å². The highest BCUT2D eigenvalue weighted by Crippen LogP contribution is 2.10. The van der Waals surface area contributed by atoms with Gasteiger partial charge in [0.25, 0.3) is 0 Å². The molecule has 1 unspecified atom stereocenters. The summed E-state index contributed by atoms with van der Waals surface area (Å²) in [5.41, 5.74) is 0. The Morgan fingerprint density at radius 3 is 1.33 bits per heavy atom. The standard InChI is InChI=1S/C47H74O5/c1-3-5-7-9-11-13-15-17-19-21-23-25-27-29-31-33-35-37-39-41-46(49)51-44-45(43-48)52-47(50)42-40-38-36-34-32-30-28-26-24-22-20-18-16-14-12-10-8-6-4-2/h6,8,11-14,17-20,23-26,30,32,36,38,45,48H,3-5,7,9-10,15-16,21-22,27-29,31,33-35,37,39-44H2,1-2H3/b8-6-,13-11-,14-12-,19-17-,20-18-,25-23-,26-24-,32-30-,38-36-. The van der Waals surface area contributed by atoms with Crippen LogP contribution < -0.4 is 0 Å². The maximum atomic E-state index is 12.2. The van der Waals surface area contributed by atoms with Gasteiger partial charge in [-0.1, -0.05) is 162 Å². The van der Waals surface area contributed by atoms with E-state index in [0.717, 1.165) is 77.0 Å². The molecule has 0 aliphatic carbocycles. The van der Waals surface area contributed by atoms with Crippen molar-refractivity contribution in [3.63, 3.8) is 0 Å². The lowest BCUT2D eigenvalue weighted by molar-refractivity contribution is -0.161. The average Bonchev–Trinajstić information content (AvgIpc) is 3.15. The van der Waals surface area contributed by atoms with Crippen molar-refractivity contribution >= 4 is 11.9 Å². The van der Waals surface area contributed by atoms with Crippen molar-refractivity contribution in [2.75, 3.05) is 13.2 Å². The van der Waals surface area contributed by atoms with Crippen LogP contribution in [0.5, 0.6) is 0 Å². The van der Waals surface area contributed by atoms with E-state index < -0.39 is 12.1 Å². The van der Waals surface area contributed by atoms with Crippen molar-refractivity contribution in [2.45, 2.75) is 161 Å². The second kappa shape index (κ2) is 42.0. The SMILES string of the molecule is CC/C=C\C/C=C\C/C=C\C/C=C\C/C=C\C/C=C\CCC(=O)OC(CO)COC(=O)CCCCCCCC/C=C\C/C=C\C/C=C\CCCCC. The van der Waals surface area contributed by atoms with Gasteiger partial charge in [-0.25, -0.2) is 0 Å². The van der Waals surface area contributed by atoms with E-state index in [2.05, 4.69) is 111 Å². The Morgan fingerprint density at radius 2 is 0.865 bits per heavy atom. The van der Waals surface area contributed by atoms with Crippen LogP contribution >= 0.6 is 0 Å². The molecule has 0 rings (SSSR count). The Kier molecular flexibility index (Phi) is 39.2. The molecule has 0 radical (unpaired) electrons. The van der Waals surface area contributed by atoms with Gasteiger partial charge in [-0.3, -0.25) is 9.59 Å². The number of ether oxygens (including phenoxy) is 2. The van der Waals surface area contributed by atoms with Gasteiger partial charge in [-0.15, -0.1) is 0 Å². The van der Waals surface area contributed by atoms with Gasteiger partial charge < -0.3 is 14.6 Å². The summed E-state index contributed by atoms with van der Waals surface area (Å²) in [5.74, 6) is -0.715. The predicted molar refractivity (Wildman–Crippen MR) is 223 cm³/mol. The largest absolute Gasteiger partial charge is 0.462 e. The Labute approximate surface area is 319 Å². The highest BCUT2D eigenvalue weighted by molar-refractivity contribution is 5.70. The topological polar surface area (TPSA) is 72.8 Å². The number of hydrogen-bond acceptors (Lipinski definition) is 5. The molecule has 0 saturated heterocycles. The Balaban J connectivity index is 3.75. The Hall–Kier alpha value is -3.44. The molecular formula is C47H74O5. The first-order chi connectivity index (χ1) is 25.6. The molecule has 0 aliphatic rings. The molecule has 5 nitrogen and oxygen atoms in total. The minimum Gasteiger partial charge on any atom is -0.462 e. The zero-order valence-electron chi connectivity index (χ0n) is 33.0. The maximum Gasteiger partial charge on any atom is 0.306 e. The molecule has 0 aliphatic heterocycles. The molecule has 0 aromatic carbocycles. The van der Waals surface area contributed by atoms with Crippen molar-refractivity contribution in [3.8, 4) is 0 Å². The summed E-state index contributed by atoms with van der Waals surface area (Å²) in [6.45, 7) is 3.90. The quantitative estimate of drug-likeness (QED) is 0.0401. The van der Waals surface area contributed by atoms with Crippen LogP contribution in [0.15, 0.2) is 109 Å². The summed E-state index contributed by atoms with van der Waals surface area (Å²) in [6.07, 6.45) is 60.1. The second-order valence-corrected chi connectivity index (χ2v) is 13.0. The van der Waals surface area contributed by atoms with Crippen molar-refractivity contribution in [1.82, 2.24) is 0 Å². The van der Waals surface area contributed by atoms with Gasteiger partial charge >= 0.3 is 11.9 Å². The van der Waals surface area contributed by atoms with Crippen LogP contribution in [0.2, 0.25) is 0 Å². The van der Waals surface area contributed by atoms with Crippen LogP contribution in [-0.2, 0) is 19.1 Å². The number of rotatable bonds is 35. The van der Waals surface area contributed by atoms with Gasteiger partial charge in [-0.2, -0.15) is 0 Å². The Bertz CT molecular complexity index is 1090. The van der Waals surface area contributed by atoms with Crippen molar-refractivity contribution in [2.24, 2.45) is 0 Å². The molecule has 1 atom stereocenters. The summed E-state index contributed by atoms with van der Waals surface area (Å²) in [5, 5.41) is 9.56. The first-order valence-corrected chi connectivity index (χ1v) is 20.4. The smallest absolute Gasteiger partial charge is 0.306 e. The number of hydrogen-bond donors (Lipinski definition) is 1. The minimum absolute atomic E-state index is 0.111. The number of aliphatic hydroxyl groups is 1. The highest BCUT2D eigenvalue weighted by Gasteiger charge is 2.15. The molecule has 1 N–H and O–H groups in total.